The molecule has 4 N–H and O–H groups in total. The van der Waals surface area contributed by atoms with Gasteiger partial charge >= 0.3 is 11.9 Å². The summed E-state index contributed by atoms with van der Waals surface area (Å²) in [6.07, 6.45) is 0.464. The van der Waals surface area contributed by atoms with E-state index < -0.39 is 82.1 Å². The fourth-order valence-corrected chi connectivity index (χ4v) is 8.00. The lowest BCUT2D eigenvalue weighted by atomic mass is 9.43. The van der Waals surface area contributed by atoms with Crippen LogP contribution in [0.15, 0.2) is 23.3 Å². The smallest absolute Gasteiger partial charge is 0.333 e. The van der Waals surface area contributed by atoms with Crippen molar-refractivity contribution in [2.75, 3.05) is 13.2 Å². The molecule has 1 saturated heterocycles. The average Bonchev–Trinajstić information content (AvgIpc) is 3.65. The molecule has 1 aliphatic heterocycles. The quantitative estimate of drug-likeness (QED) is 0.190. The van der Waals surface area contributed by atoms with E-state index in [1.165, 1.54) is 13.0 Å². The predicted molar refractivity (Wildman–Crippen MR) is 147 cm³/mol. The molecular weight excluding hydrogens is 532 g/mol. The molecule has 10 heteroatoms. The zero-order chi connectivity index (χ0) is 30.9. The van der Waals surface area contributed by atoms with E-state index in [9.17, 15) is 34.8 Å². The van der Waals surface area contributed by atoms with Crippen molar-refractivity contribution >= 4 is 17.7 Å². The molecule has 10 unspecified atom stereocenters. The van der Waals surface area contributed by atoms with Gasteiger partial charge in [0, 0.05) is 28.2 Å². The van der Waals surface area contributed by atoms with E-state index in [0.29, 0.717) is 12.0 Å². The molecule has 0 bridgehead atoms. The van der Waals surface area contributed by atoms with Gasteiger partial charge in [-0.05, 0) is 45.6 Å². The van der Waals surface area contributed by atoms with Crippen molar-refractivity contribution in [2.45, 2.75) is 110 Å². The average molecular weight is 579 g/mol. The van der Waals surface area contributed by atoms with E-state index in [0.717, 1.165) is 0 Å². The Kier molecular flexibility index (Phi) is 7.96. The summed E-state index contributed by atoms with van der Waals surface area (Å²) >= 11 is 0. The Hall–Kier alpha value is -2.11. The van der Waals surface area contributed by atoms with Gasteiger partial charge in [0.1, 0.15) is 23.9 Å². The van der Waals surface area contributed by atoms with Crippen LogP contribution < -0.4 is 0 Å². The molecule has 0 aromatic carbocycles. The summed E-state index contributed by atoms with van der Waals surface area (Å²) in [6.45, 7) is 13.0. The molecule has 0 radical (unpaired) electrons. The summed E-state index contributed by atoms with van der Waals surface area (Å²) in [7, 11) is 0. The Bertz CT molecular complexity index is 1170. The lowest BCUT2D eigenvalue weighted by Crippen LogP contribution is -2.73. The molecule has 0 aromatic rings. The van der Waals surface area contributed by atoms with Gasteiger partial charge in [-0.25, -0.2) is 4.79 Å². The summed E-state index contributed by atoms with van der Waals surface area (Å²) in [5, 5.41) is 47.6. The molecule has 4 aliphatic rings. The molecular formula is C31H46O10. The second-order valence-corrected chi connectivity index (χ2v) is 13.3. The van der Waals surface area contributed by atoms with Crippen LogP contribution in [0.4, 0.5) is 0 Å². The molecule has 4 rings (SSSR count). The maximum absolute atomic E-state index is 13.5. The van der Waals surface area contributed by atoms with Gasteiger partial charge in [-0.3, -0.25) is 9.59 Å². The van der Waals surface area contributed by atoms with Crippen LogP contribution >= 0.6 is 0 Å². The molecule has 2 saturated carbocycles. The topological polar surface area (TPSA) is 163 Å². The van der Waals surface area contributed by atoms with Crippen LogP contribution in [0.3, 0.4) is 0 Å². The number of aliphatic hydroxyl groups is 4. The molecule has 230 valence electrons. The van der Waals surface area contributed by atoms with Crippen LogP contribution in [0.2, 0.25) is 0 Å². The summed E-state index contributed by atoms with van der Waals surface area (Å²) in [6, 6.07) is 0. The number of ketones is 1. The number of ether oxygens (including phenoxy) is 3. The molecule has 10 atom stereocenters. The zero-order valence-electron chi connectivity index (χ0n) is 25.4. The molecule has 41 heavy (non-hydrogen) atoms. The third kappa shape index (κ3) is 4.04. The lowest BCUT2D eigenvalue weighted by Gasteiger charge is -2.63. The number of Topliss-reactive ketones (excluding diaryl/α,β-unsaturated/α-hetero) is 1. The fraction of sp³-hybridized carbons (Fsp3) is 0.774. The van der Waals surface area contributed by atoms with E-state index in [4.69, 9.17) is 14.2 Å². The minimum atomic E-state index is -2.51. The number of fused-ring (bicyclic) bond motifs is 5. The highest BCUT2D eigenvalue weighted by molar-refractivity contribution is 6.05. The number of carbonyl (C=O) groups is 3. The van der Waals surface area contributed by atoms with Crippen LogP contribution in [0, 0.1) is 28.6 Å². The normalized spacial score (nSPS) is 42.7. The molecule has 1 heterocycles. The van der Waals surface area contributed by atoms with Crippen LogP contribution in [-0.2, 0) is 28.6 Å². The highest BCUT2D eigenvalue weighted by atomic mass is 16.6. The van der Waals surface area contributed by atoms with E-state index in [-0.39, 0.29) is 30.9 Å². The standard InChI is InChI=1S/C31H46O10/c1-9-16(3)23(34)39-15-27(7,8)29-12-11-20(40-24(35)17(4)10-2)19(6)31(29,38)21-13-18(5)22(33)30(21,37)25(36)28(14-32)26(29)41-28/h10,13,16,19-21,25-26,32,36-38H,9,11-12,14-15H2,1-8H3/b17-10+. The Balaban J connectivity index is 1.93. The monoisotopic (exact) mass is 578 g/mol. The first-order chi connectivity index (χ1) is 19.0. The third-order valence-electron chi connectivity index (χ3n) is 11.0. The molecule has 0 spiro atoms. The van der Waals surface area contributed by atoms with Crippen molar-refractivity contribution in [2.24, 2.45) is 28.6 Å². The lowest BCUT2D eigenvalue weighted by molar-refractivity contribution is -0.279. The van der Waals surface area contributed by atoms with Crippen molar-refractivity contribution in [3.63, 3.8) is 0 Å². The minimum Gasteiger partial charge on any atom is -0.465 e. The van der Waals surface area contributed by atoms with Crippen molar-refractivity contribution in [3.8, 4) is 0 Å². The molecule has 3 aliphatic carbocycles. The second kappa shape index (κ2) is 10.3. The van der Waals surface area contributed by atoms with E-state index in [2.05, 4.69) is 0 Å². The molecule has 10 nitrogen and oxygen atoms in total. The molecule has 3 fully saturated rings. The predicted octanol–water partition coefficient (Wildman–Crippen LogP) is 2.01. The largest absolute Gasteiger partial charge is 0.465 e. The first kappa shape index (κ1) is 31.8. The third-order valence-corrected chi connectivity index (χ3v) is 11.0. The Morgan fingerprint density at radius 2 is 1.93 bits per heavy atom. The summed E-state index contributed by atoms with van der Waals surface area (Å²) < 4.78 is 17.8. The van der Waals surface area contributed by atoms with Gasteiger partial charge in [0.25, 0.3) is 0 Å². The van der Waals surface area contributed by atoms with E-state index in [1.807, 2.05) is 20.8 Å². The highest BCUT2D eigenvalue weighted by Gasteiger charge is 2.87. The summed E-state index contributed by atoms with van der Waals surface area (Å²) in [5.41, 5.74) is -8.16. The van der Waals surface area contributed by atoms with Gasteiger partial charge in [-0.1, -0.05) is 46.8 Å². The number of carbonyl (C=O) groups excluding carboxylic acids is 3. The van der Waals surface area contributed by atoms with Gasteiger partial charge in [0.05, 0.1) is 24.7 Å². The number of aliphatic hydroxyl groups excluding tert-OH is 2. The highest BCUT2D eigenvalue weighted by Crippen LogP contribution is 2.73. The molecule has 0 aromatic heterocycles. The van der Waals surface area contributed by atoms with E-state index >= 15 is 0 Å². The summed E-state index contributed by atoms with van der Waals surface area (Å²) in [4.78, 5) is 39.2. The molecule has 0 amide bonds. The van der Waals surface area contributed by atoms with Crippen molar-refractivity contribution in [3.05, 3.63) is 23.3 Å². The van der Waals surface area contributed by atoms with Crippen LogP contribution in [0.5, 0.6) is 0 Å². The van der Waals surface area contributed by atoms with Crippen LogP contribution in [0.1, 0.15) is 74.7 Å². The Labute approximate surface area is 241 Å². The first-order valence-electron chi connectivity index (χ1n) is 14.6. The number of allylic oxidation sites excluding steroid dienone is 1. The number of esters is 2. The maximum atomic E-state index is 13.5. The van der Waals surface area contributed by atoms with Gasteiger partial charge < -0.3 is 34.6 Å². The van der Waals surface area contributed by atoms with Gasteiger partial charge in [0.15, 0.2) is 11.4 Å². The van der Waals surface area contributed by atoms with E-state index in [1.54, 1.807) is 33.8 Å². The van der Waals surface area contributed by atoms with Crippen molar-refractivity contribution < 1.29 is 49.0 Å². The number of hydrogen-bond acceptors (Lipinski definition) is 10. The van der Waals surface area contributed by atoms with Crippen LogP contribution in [0.25, 0.3) is 0 Å². The van der Waals surface area contributed by atoms with Gasteiger partial charge in [-0.2, -0.15) is 0 Å². The SMILES string of the molecule is C/C=C(\C)C(=O)OC1CCC2(C(C)(C)COC(=O)C(C)CC)C3OC3(CO)C(O)C3(O)C(=O)C(C)=CC3C2(O)C1C. The van der Waals surface area contributed by atoms with Crippen molar-refractivity contribution in [1.82, 2.24) is 0 Å². The zero-order valence-corrected chi connectivity index (χ0v) is 25.4. The second-order valence-electron chi connectivity index (χ2n) is 13.3. The number of rotatable bonds is 8. The summed E-state index contributed by atoms with van der Waals surface area (Å²) in [5.74, 6) is -4.27. The number of epoxide rings is 1. The Morgan fingerprint density at radius 1 is 1.29 bits per heavy atom. The maximum Gasteiger partial charge on any atom is 0.333 e. The van der Waals surface area contributed by atoms with Gasteiger partial charge in [-0.15, -0.1) is 0 Å². The first-order valence-corrected chi connectivity index (χ1v) is 14.6. The number of hydrogen-bond donors (Lipinski definition) is 4. The Morgan fingerprint density at radius 3 is 2.49 bits per heavy atom. The fourth-order valence-electron chi connectivity index (χ4n) is 8.00. The van der Waals surface area contributed by atoms with Crippen molar-refractivity contribution in [1.29, 1.82) is 0 Å². The van der Waals surface area contributed by atoms with Gasteiger partial charge in [0.2, 0.25) is 0 Å². The minimum absolute atomic E-state index is 0.132. The van der Waals surface area contributed by atoms with Crippen LogP contribution in [-0.4, -0.2) is 86.5 Å².